The molecule has 2 rings (SSSR count). The highest BCUT2D eigenvalue weighted by atomic mass is 16.6. The van der Waals surface area contributed by atoms with E-state index in [0.29, 0.717) is 0 Å². The normalized spacial score (nSPS) is 11.6. The van der Waals surface area contributed by atoms with Gasteiger partial charge in [0, 0.05) is 6.20 Å². The van der Waals surface area contributed by atoms with Crippen LogP contribution in [0.2, 0.25) is 0 Å². The largest absolute Gasteiger partial charge is 0.459 e. The van der Waals surface area contributed by atoms with Crippen molar-refractivity contribution in [3.05, 3.63) is 39.3 Å². The van der Waals surface area contributed by atoms with Crippen LogP contribution in [0.25, 0.3) is 11.0 Å². The predicted octanol–water partition coefficient (Wildman–Crippen LogP) is 0.691. The van der Waals surface area contributed by atoms with Gasteiger partial charge in [-0.1, -0.05) is 0 Å². The van der Waals surface area contributed by atoms with Crippen molar-refractivity contribution in [1.29, 1.82) is 0 Å². The van der Waals surface area contributed by atoms with E-state index in [1.165, 1.54) is 12.3 Å². The first-order valence-electron chi connectivity index (χ1n) is 5.98. The van der Waals surface area contributed by atoms with Gasteiger partial charge >= 0.3 is 17.4 Å². The number of rotatable bonds is 2. The van der Waals surface area contributed by atoms with E-state index in [1.807, 2.05) is 0 Å². The maximum absolute atomic E-state index is 11.8. The zero-order valence-corrected chi connectivity index (χ0v) is 11.4. The summed E-state index contributed by atoms with van der Waals surface area (Å²) in [5.41, 5.74) is -1.35. The molecule has 0 bridgehead atoms. The lowest BCUT2D eigenvalue weighted by atomic mass is 10.2. The Balaban J connectivity index is 2.48. The van der Waals surface area contributed by atoms with E-state index < -0.39 is 23.0 Å². The molecule has 2 aromatic rings. The number of nitrogens with zero attached hydrogens (tertiary/aromatic N) is 2. The van der Waals surface area contributed by atoms with Crippen molar-refractivity contribution in [2.24, 2.45) is 0 Å². The van der Waals surface area contributed by atoms with Crippen LogP contribution in [-0.2, 0) is 16.1 Å². The quantitative estimate of drug-likeness (QED) is 0.751. The van der Waals surface area contributed by atoms with Gasteiger partial charge in [0.05, 0.1) is 0 Å². The van der Waals surface area contributed by atoms with Crippen molar-refractivity contribution in [1.82, 2.24) is 9.55 Å². The van der Waals surface area contributed by atoms with Crippen LogP contribution in [0.3, 0.4) is 0 Å². The number of esters is 1. The number of ether oxygens (including phenoxy) is 1. The monoisotopic (exact) mass is 278 g/mol. The molecule has 0 unspecified atom stereocenters. The fourth-order valence-corrected chi connectivity index (χ4v) is 1.69. The Morgan fingerprint density at radius 3 is 2.75 bits per heavy atom. The van der Waals surface area contributed by atoms with Gasteiger partial charge in [-0.25, -0.2) is 19.1 Å². The van der Waals surface area contributed by atoms with Crippen LogP contribution in [0.4, 0.5) is 0 Å². The Hall–Kier alpha value is -2.44. The Bertz CT molecular complexity index is 767. The molecule has 2 aromatic heterocycles. The molecule has 0 aliphatic rings. The lowest BCUT2D eigenvalue weighted by Crippen LogP contribution is -2.32. The minimum Gasteiger partial charge on any atom is -0.459 e. The van der Waals surface area contributed by atoms with Gasteiger partial charge in [-0.15, -0.1) is 0 Å². The molecule has 0 atom stereocenters. The van der Waals surface area contributed by atoms with Gasteiger partial charge in [-0.05, 0) is 32.9 Å². The predicted molar refractivity (Wildman–Crippen MR) is 70.4 cm³/mol. The average Bonchev–Trinajstić information content (AvgIpc) is 2.32. The van der Waals surface area contributed by atoms with Crippen molar-refractivity contribution in [3.63, 3.8) is 0 Å². The van der Waals surface area contributed by atoms with E-state index >= 15 is 0 Å². The van der Waals surface area contributed by atoms with Crippen LogP contribution in [0.1, 0.15) is 20.8 Å². The van der Waals surface area contributed by atoms with Crippen LogP contribution in [0, 0.1) is 0 Å². The number of pyridine rings is 1. The molecule has 0 aliphatic carbocycles. The Kier molecular flexibility index (Phi) is 3.44. The first kappa shape index (κ1) is 14.0. The summed E-state index contributed by atoms with van der Waals surface area (Å²) in [6.45, 7) is 4.78. The molecule has 0 radical (unpaired) electrons. The van der Waals surface area contributed by atoms with Crippen LogP contribution < -0.4 is 11.4 Å². The summed E-state index contributed by atoms with van der Waals surface area (Å²) in [6.07, 6.45) is 1.42. The van der Waals surface area contributed by atoms with Gasteiger partial charge in [-0.3, -0.25) is 4.79 Å². The van der Waals surface area contributed by atoms with Crippen molar-refractivity contribution in [2.45, 2.75) is 32.9 Å². The third-order valence-corrected chi connectivity index (χ3v) is 2.37. The van der Waals surface area contributed by atoms with Gasteiger partial charge in [0.1, 0.15) is 17.5 Å². The first-order valence-corrected chi connectivity index (χ1v) is 5.98. The molecule has 2 heterocycles. The maximum Gasteiger partial charge on any atom is 0.424 e. The summed E-state index contributed by atoms with van der Waals surface area (Å²) in [5.74, 6) is -1.55. The number of fused-ring (bicyclic) bond motifs is 1. The number of aromatic nitrogens is 2. The minimum absolute atomic E-state index is 0.0969. The lowest BCUT2D eigenvalue weighted by Gasteiger charge is -2.19. The number of carbonyl (C=O) groups is 1. The standard InChI is InChI=1S/C13H14N2O5/c1-13(2,3)20-9(16)7-15-10-8(5-4-6-14-10)11(17)19-12(15)18/h4-6H,7H2,1-3H3. The fourth-order valence-electron chi connectivity index (χ4n) is 1.69. The third kappa shape index (κ3) is 2.93. The van der Waals surface area contributed by atoms with Gasteiger partial charge in [0.2, 0.25) is 0 Å². The van der Waals surface area contributed by atoms with Crippen LogP contribution >= 0.6 is 0 Å². The van der Waals surface area contributed by atoms with Gasteiger partial charge in [0.15, 0.2) is 5.65 Å². The molecule has 0 aromatic carbocycles. The fraction of sp³-hybridized carbons (Fsp3) is 0.385. The zero-order chi connectivity index (χ0) is 14.9. The van der Waals surface area contributed by atoms with Crippen molar-refractivity contribution < 1.29 is 13.9 Å². The summed E-state index contributed by atoms with van der Waals surface area (Å²) >= 11 is 0. The SMILES string of the molecule is CC(C)(C)OC(=O)Cn1c(=O)oc(=O)c2cccnc21. The highest BCUT2D eigenvalue weighted by Crippen LogP contribution is 2.09. The lowest BCUT2D eigenvalue weighted by molar-refractivity contribution is -0.155. The average molecular weight is 278 g/mol. The van der Waals surface area contributed by atoms with Gasteiger partial charge < -0.3 is 9.15 Å². The summed E-state index contributed by atoms with van der Waals surface area (Å²) in [4.78, 5) is 39.0. The first-order chi connectivity index (χ1) is 9.28. The molecule has 0 amide bonds. The number of hydrogen-bond acceptors (Lipinski definition) is 6. The van der Waals surface area contributed by atoms with Crippen molar-refractivity contribution in [2.75, 3.05) is 0 Å². The third-order valence-electron chi connectivity index (χ3n) is 2.37. The van der Waals surface area contributed by atoms with Crippen molar-refractivity contribution in [3.8, 4) is 0 Å². The topological polar surface area (TPSA) is 91.4 Å². The van der Waals surface area contributed by atoms with Crippen LogP contribution in [-0.4, -0.2) is 21.1 Å². The molecule has 0 saturated carbocycles. The highest BCUT2D eigenvalue weighted by molar-refractivity contribution is 5.76. The number of carbonyl (C=O) groups excluding carboxylic acids is 1. The molecule has 0 saturated heterocycles. The smallest absolute Gasteiger partial charge is 0.424 e. The zero-order valence-electron chi connectivity index (χ0n) is 11.4. The Labute approximate surface area is 113 Å². The molecule has 0 aliphatic heterocycles. The summed E-state index contributed by atoms with van der Waals surface area (Å²) in [6, 6.07) is 3.01. The molecule has 0 spiro atoms. The summed E-state index contributed by atoms with van der Waals surface area (Å²) in [5, 5.41) is 0.135. The van der Waals surface area contributed by atoms with Crippen LogP contribution in [0.5, 0.6) is 0 Å². The highest BCUT2D eigenvalue weighted by Gasteiger charge is 2.19. The van der Waals surface area contributed by atoms with Gasteiger partial charge in [0.25, 0.3) is 0 Å². The molecule has 0 fully saturated rings. The van der Waals surface area contributed by atoms with Crippen LogP contribution in [0.15, 0.2) is 32.3 Å². The molecule has 106 valence electrons. The van der Waals surface area contributed by atoms with Crippen molar-refractivity contribution >= 4 is 17.0 Å². The summed E-state index contributed by atoms with van der Waals surface area (Å²) in [7, 11) is 0. The molecular weight excluding hydrogens is 264 g/mol. The molecular formula is C13H14N2O5. The molecule has 20 heavy (non-hydrogen) atoms. The molecule has 0 N–H and O–H groups in total. The second-order valence-corrected chi connectivity index (χ2v) is 5.20. The van der Waals surface area contributed by atoms with E-state index in [9.17, 15) is 14.4 Å². The van der Waals surface area contributed by atoms with E-state index in [-0.39, 0.29) is 17.6 Å². The maximum atomic E-state index is 11.8. The molecule has 7 nitrogen and oxygen atoms in total. The van der Waals surface area contributed by atoms with E-state index in [2.05, 4.69) is 9.40 Å². The minimum atomic E-state index is -0.938. The number of hydrogen-bond donors (Lipinski definition) is 0. The second kappa shape index (κ2) is 4.92. The van der Waals surface area contributed by atoms with E-state index in [1.54, 1.807) is 26.8 Å². The van der Waals surface area contributed by atoms with E-state index in [4.69, 9.17) is 4.74 Å². The Morgan fingerprint density at radius 1 is 1.40 bits per heavy atom. The second-order valence-electron chi connectivity index (χ2n) is 5.20. The Morgan fingerprint density at radius 2 is 2.10 bits per heavy atom. The summed E-state index contributed by atoms with van der Waals surface area (Å²) < 4.78 is 10.7. The van der Waals surface area contributed by atoms with E-state index in [0.717, 1.165) is 4.57 Å². The molecule has 7 heteroatoms. The van der Waals surface area contributed by atoms with Gasteiger partial charge in [-0.2, -0.15) is 0 Å².